The van der Waals surface area contributed by atoms with Gasteiger partial charge in [-0.05, 0) is 26.8 Å². The Labute approximate surface area is 113 Å². The van der Waals surface area contributed by atoms with Crippen molar-refractivity contribution in [1.82, 2.24) is 15.5 Å². The first-order valence-electron chi connectivity index (χ1n) is 6.39. The summed E-state index contributed by atoms with van der Waals surface area (Å²) in [6.45, 7) is 7.09. The highest BCUT2D eigenvalue weighted by Gasteiger charge is 2.06. The summed E-state index contributed by atoms with van der Waals surface area (Å²) in [7, 11) is 0. The Morgan fingerprint density at radius 2 is 2.05 bits per heavy atom. The summed E-state index contributed by atoms with van der Waals surface area (Å²) in [5.41, 5.74) is 1.12. The van der Waals surface area contributed by atoms with Crippen LogP contribution < -0.4 is 10.1 Å². The van der Waals surface area contributed by atoms with Gasteiger partial charge in [-0.1, -0.05) is 23.4 Å². The number of nitrogens with zero attached hydrogens (tertiary/aromatic N) is 2. The lowest BCUT2D eigenvalue weighted by Gasteiger charge is -2.14. The fourth-order valence-electron chi connectivity index (χ4n) is 1.73. The van der Waals surface area contributed by atoms with Crippen molar-refractivity contribution in [1.29, 1.82) is 0 Å². The number of hydrogen-bond donors (Lipinski definition) is 1. The largest absolute Gasteiger partial charge is 0.491 e. The summed E-state index contributed by atoms with van der Waals surface area (Å²) in [6, 6.07) is 8.00. The minimum absolute atomic E-state index is 0.166. The Balaban J connectivity index is 1.92. The number of aryl methyl sites for hydroxylation is 1. The second-order valence-corrected chi connectivity index (χ2v) is 4.61. The number of rotatable bonds is 6. The van der Waals surface area contributed by atoms with Crippen molar-refractivity contribution in [3.8, 4) is 5.75 Å². The molecule has 0 atom stereocenters. The molecule has 2 rings (SSSR count). The van der Waals surface area contributed by atoms with Crippen LogP contribution in [0, 0.1) is 6.92 Å². The lowest BCUT2D eigenvalue weighted by Crippen LogP contribution is -2.15. The van der Waals surface area contributed by atoms with Crippen LogP contribution in [0.5, 0.6) is 5.75 Å². The Kier molecular flexibility index (Phi) is 4.52. The number of ether oxygens (including phenoxy) is 1. The van der Waals surface area contributed by atoms with Gasteiger partial charge in [0.15, 0.2) is 5.82 Å². The molecule has 19 heavy (non-hydrogen) atoms. The first-order valence-corrected chi connectivity index (χ1v) is 6.39. The zero-order valence-corrected chi connectivity index (χ0v) is 11.5. The summed E-state index contributed by atoms with van der Waals surface area (Å²) >= 11 is 0. The molecular formula is C14H19N3O2. The maximum atomic E-state index is 5.76. The van der Waals surface area contributed by atoms with E-state index in [1.165, 1.54) is 0 Å². The van der Waals surface area contributed by atoms with Crippen molar-refractivity contribution < 1.29 is 9.26 Å². The van der Waals surface area contributed by atoms with Crippen LogP contribution in [0.2, 0.25) is 0 Å². The Hall–Kier alpha value is -1.88. The van der Waals surface area contributed by atoms with Gasteiger partial charge in [-0.25, -0.2) is 0 Å². The molecule has 102 valence electrons. The van der Waals surface area contributed by atoms with Crippen LogP contribution in [0.3, 0.4) is 0 Å². The molecule has 0 fully saturated rings. The predicted molar refractivity (Wildman–Crippen MR) is 71.8 cm³/mol. The normalized spacial score (nSPS) is 10.9. The quantitative estimate of drug-likeness (QED) is 0.865. The summed E-state index contributed by atoms with van der Waals surface area (Å²) < 4.78 is 10.8. The third kappa shape index (κ3) is 4.06. The van der Waals surface area contributed by atoms with Crippen LogP contribution in [-0.4, -0.2) is 16.2 Å². The number of nitrogens with one attached hydrogen (secondary N) is 1. The average Bonchev–Trinajstić information content (AvgIpc) is 2.77. The Morgan fingerprint density at radius 3 is 2.74 bits per heavy atom. The third-order valence-corrected chi connectivity index (χ3v) is 2.50. The Bertz CT molecular complexity index is 523. The fraction of sp³-hybridized carbons (Fsp3) is 0.429. The minimum Gasteiger partial charge on any atom is -0.491 e. The molecule has 1 aromatic carbocycles. The van der Waals surface area contributed by atoms with Crippen molar-refractivity contribution in [3.63, 3.8) is 0 Å². The van der Waals surface area contributed by atoms with Crippen LogP contribution >= 0.6 is 0 Å². The molecule has 0 aliphatic heterocycles. The van der Waals surface area contributed by atoms with E-state index >= 15 is 0 Å². The molecular weight excluding hydrogens is 242 g/mol. The number of benzene rings is 1. The van der Waals surface area contributed by atoms with E-state index < -0.39 is 0 Å². The fourth-order valence-corrected chi connectivity index (χ4v) is 1.73. The van der Waals surface area contributed by atoms with E-state index in [4.69, 9.17) is 9.26 Å². The zero-order valence-electron chi connectivity index (χ0n) is 11.5. The topological polar surface area (TPSA) is 60.2 Å². The van der Waals surface area contributed by atoms with Crippen molar-refractivity contribution in [2.24, 2.45) is 0 Å². The lowest BCUT2D eigenvalue weighted by atomic mass is 10.2. The summed E-state index contributed by atoms with van der Waals surface area (Å²) in [5, 5.41) is 7.02. The van der Waals surface area contributed by atoms with Gasteiger partial charge in [0, 0.05) is 12.1 Å². The maximum Gasteiger partial charge on any atom is 0.240 e. The standard InChI is InChI=1S/C14H19N3O2/c1-10(2)18-13-7-5-4-6-12(13)8-15-9-14-16-11(3)17-19-14/h4-7,10,15H,8-9H2,1-3H3. The van der Waals surface area contributed by atoms with Crippen LogP contribution in [0.25, 0.3) is 0 Å². The van der Waals surface area contributed by atoms with Gasteiger partial charge in [-0.15, -0.1) is 0 Å². The molecule has 1 aromatic heterocycles. The third-order valence-electron chi connectivity index (χ3n) is 2.50. The molecule has 2 aromatic rings. The van der Waals surface area contributed by atoms with Crippen LogP contribution in [0.4, 0.5) is 0 Å². The summed E-state index contributed by atoms with van der Waals surface area (Å²) in [6.07, 6.45) is 0.166. The monoisotopic (exact) mass is 261 g/mol. The van der Waals surface area contributed by atoms with E-state index in [2.05, 4.69) is 15.5 Å². The molecule has 0 spiro atoms. The second-order valence-electron chi connectivity index (χ2n) is 4.61. The highest BCUT2D eigenvalue weighted by atomic mass is 16.5. The predicted octanol–water partition coefficient (Wildman–Crippen LogP) is 2.46. The molecule has 0 amide bonds. The molecule has 1 N–H and O–H groups in total. The molecule has 0 saturated carbocycles. The van der Waals surface area contributed by atoms with Gasteiger partial charge in [0.1, 0.15) is 5.75 Å². The zero-order chi connectivity index (χ0) is 13.7. The summed E-state index contributed by atoms with van der Waals surface area (Å²) in [4.78, 5) is 4.14. The Morgan fingerprint density at radius 1 is 1.26 bits per heavy atom. The van der Waals surface area contributed by atoms with Crippen LogP contribution in [-0.2, 0) is 13.1 Å². The van der Waals surface area contributed by atoms with Crippen molar-refractivity contribution in [2.45, 2.75) is 40.0 Å². The molecule has 5 heteroatoms. The van der Waals surface area contributed by atoms with E-state index in [0.717, 1.165) is 11.3 Å². The van der Waals surface area contributed by atoms with Gasteiger partial charge in [0.25, 0.3) is 0 Å². The highest BCUT2D eigenvalue weighted by Crippen LogP contribution is 2.19. The van der Waals surface area contributed by atoms with Gasteiger partial charge < -0.3 is 14.6 Å². The SMILES string of the molecule is Cc1noc(CNCc2ccccc2OC(C)C)n1. The van der Waals surface area contributed by atoms with Gasteiger partial charge in [-0.2, -0.15) is 4.98 Å². The maximum absolute atomic E-state index is 5.76. The van der Waals surface area contributed by atoms with E-state index in [0.29, 0.717) is 24.8 Å². The molecule has 5 nitrogen and oxygen atoms in total. The average molecular weight is 261 g/mol. The van der Waals surface area contributed by atoms with Crippen molar-refractivity contribution in [2.75, 3.05) is 0 Å². The first kappa shape index (κ1) is 13.5. The number of aromatic nitrogens is 2. The molecule has 1 heterocycles. The number of hydrogen-bond acceptors (Lipinski definition) is 5. The van der Waals surface area contributed by atoms with E-state index in [1.54, 1.807) is 6.92 Å². The number of para-hydroxylation sites is 1. The summed E-state index contributed by atoms with van der Waals surface area (Å²) in [5.74, 6) is 2.16. The lowest BCUT2D eigenvalue weighted by molar-refractivity contribution is 0.239. The van der Waals surface area contributed by atoms with Gasteiger partial charge in [0.2, 0.25) is 5.89 Å². The molecule has 0 bridgehead atoms. The molecule has 0 saturated heterocycles. The smallest absolute Gasteiger partial charge is 0.240 e. The van der Waals surface area contributed by atoms with Crippen molar-refractivity contribution in [3.05, 3.63) is 41.5 Å². The molecule has 0 aliphatic rings. The van der Waals surface area contributed by atoms with Crippen molar-refractivity contribution >= 4 is 0 Å². The molecule has 0 radical (unpaired) electrons. The van der Waals surface area contributed by atoms with E-state index in [1.807, 2.05) is 38.1 Å². The molecule has 0 unspecified atom stereocenters. The highest BCUT2D eigenvalue weighted by molar-refractivity contribution is 5.33. The van der Waals surface area contributed by atoms with E-state index in [9.17, 15) is 0 Å². The van der Waals surface area contributed by atoms with Crippen LogP contribution in [0.1, 0.15) is 31.1 Å². The minimum atomic E-state index is 0.166. The molecule has 0 aliphatic carbocycles. The second kappa shape index (κ2) is 6.33. The van der Waals surface area contributed by atoms with Gasteiger partial charge in [-0.3, -0.25) is 0 Å². The van der Waals surface area contributed by atoms with Crippen LogP contribution in [0.15, 0.2) is 28.8 Å². The van der Waals surface area contributed by atoms with Gasteiger partial charge in [0.05, 0.1) is 12.6 Å². The van der Waals surface area contributed by atoms with E-state index in [-0.39, 0.29) is 6.10 Å². The first-order chi connectivity index (χ1) is 9.15. The van der Waals surface area contributed by atoms with Gasteiger partial charge >= 0.3 is 0 Å².